The summed E-state index contributed by atoms with van der Waals surface area (Å²) in [5.41, 5.74) is 2.61. The fourth-order valence-corrected chi connectivity index (χ4v) is 1.20. The predicted octanol–water partition coefficient (Wildman–Crippen LogP) is 0.981. The maximum atomic E-state index is 4.01. The normalized spacial score (nSPS) is 22.4. The first-order valence-electron chi connectivity index (χ1n) is 3.96. The number of nitrogens with one attached hydrogen (secondary N) is 1. The van der Waals surface area contributed by atoms with Crippen LogP contribution in [0.1, 0.15) is 6.42 Å². The van der Waals surface area contributed by atoms with Crippen molar-refractivity contribution < 1.29 is 0 Å². The van der Waals surface area contributed by atoms with Crippen molar-refractivity contribution in [1.82, 2.24) is 10.2 Å². The van der Waals surface area contributed by atoms with E-state index in [9.17, 15) is 0 Å². The van der Waals surface area contributed by atoms with Crippen molar-refractivity contribution in [2.24, 2.45) is 0 Å². The number of nitrogens with zero attached hydrogens (tertiary/aromatic N) is 1. The lowest BCUT2D eigenvalue weighted by atomic mass is 10.0. The van der Waals surface area contributed by atoms with Crippen LogP contribution in [0.15, 0.2) is 23.9 Å². The molecular weight excluding hydrogens is 136 g/mol. The van der Waals surface area contributed by atoms with Gasteiger partial charge >= 0.3 is 0 Å². The monoisotopic (exact) mass is 152 g/mol. The second-order valence-corrected chi connectivity index (χ2v) is 3.15. The Morgan fingerprint density at radius 3 is 2.82 bits per heavy atom. The molecule has 62 valence electrons. The summed E-state index contributed by atoms with van der Waals surface area (Å²) >= 11 is 0. The molecule has 0 atom stereocenters. The standard InChI is InChI=1S/C9H16N2/c1-8-4-5-10-6-9(8)7-11(2)3/h7,10H,1,4-6H2,2-3H3/b9-7-. The van der Waals surface area contributed by atoms with Gasteiger partial charge in [-0.1, -0.05) is 6.58 Å². The van der Waals surface area contributed by atoms with Crippen molar-refractivity contribution in [2.75, 3.05) is 27.2 Å². The van der Waals surface area contributed by atoms with Crippen LogP contribution < -0.4 is 5.32 Å². The number of piperidine rings is 1. The van der Waals surface area contributed by atoms with Gasteiger partial charge in [-0.15, -0.1) is 0 Å². The van der Waals surface area contributed by atoms with E-state index < -0.39 is 0 Å². The summed E-state index contributed by atoms with van der Waals surface area (Å²) in [6.07, 6.45) is 3.22. The van der Waals surface area contributed by atoms with Gasteiger partial charge in [0.1, 0.15) is 0 Å². The Hall–Kier alpha value is -0.760. The summed E-state index contributed by atoms with van der Waals surface area (Å²) in [6, 6.07) is 0. The minimum atomic E-state index is 0.969. The van der Waals surface area contributed by atoms with Crippen LogP contribution >= 0.6 is 0 Å². The molecule has 11 heavy (non-hydrogen) atoms. The molecule has 0 aliphatic carbocycles. The van der Waals surface area contributed by atoms with E-state index in [1.165, 1.54) is 11.1 Å². The topological polar surface area (TPSA) is 15.3 Å². The van der Waals surface area contributed by atoms with Crippen LogP contribution in [0.3, 0.4) is 0 Å². The highest BCUT2D eigenvalue weighted by Crippen LogP contribution is 2.14. The molecule has 2 nitrogen and oxygen atoms in total. The maximum Gasteiger partial charge on any atom is 0.0222 e. The Labute approximate surface area is 68.6 Å². The molecule has 1 heterocycles. The van der Waals surface area contributed by atoms with Gasteiger partial charge in [-0.2, -0.15) is 0 Å². The molecule has 0 unspecified atom stereocenters. The molecule has 0 bridgehead atoms. The Bertz CT molecular complexity index is 180. The van der Waals surface area contributed by atoms with E-state index in [1.54, 1.807) is 0 Å². The summed E-state index contributed by atoms with van der Waals surface area (Å²) < 4.78 is 0. The highest BCUT2D eigenvalue weighted by Gasteiger charge is 2.07. The van der Waals surface area contributed by atoms with Gasteiger partial charge < -0.3 is 10.2 Å². The molecule has 0 aromatic carbocycles. The molecule has 1 saturated heterocycles. The van der Waals surface area contributed by atoms with E-state index in [-0.39, 0.29) is 0 Å². The van der Waals surface area contributed by atoms with Crippen molar-refractivity contribution in [1.29, 1.82) is 0 Å². The molecule has 0 spiro atoms. The van der Waals surface area contributed by atoms with Crippen LogP contribution in [-0.4, -0.2) is 32.1 Å². The maximum absolute atomic E-state index is 4.01. The molecule has 1 N–H and O–H groups in total. The molecule has 0 radical (unpaired) electrons. The summed E-state index contributed by atoms with van der Waals surface area (Å²) in [7, 11) is 4.07. The van der Waals surface area contributed by atoms with E-state index in [0.717, 1.165) is 19.5 Å². The van der Waals surface area contributed by atoms with Crippen LogP contribution in [0.5, 0.6) is 0 Å². The second-order valence-electron chi connectivity index (χ2n) is 3.15. The average molecular weight is 152 g/mol. The molecular formula is C9H16N2. The van der Waals surface area contributed by atoms with Crippen molar-refractivity contribution in [3.8, 4) is 0 Å². The summed E-state index contributed by atoms with van der Waals surface area (Å²) in [5, 5.41) is 3.31. The Balaban J connectivity index is 2.61. The molecule has 0 aromatic rings. The largest absolute Gasteiger partial charge is 0.383 e. The molecule has 0 saturated carbocycles. The van der Waals surface area contributed by atoms with Gasteiger partial charge in [0.25, 0.3) is 0 Å². The fourth-order valence-electron chi connectivity index (χ4n) is 1.20. The first kappa shape index (κ1) is 8.34. The minimum Gasteiger partial charge on any atom is -0.383 e. The molecule has 0 amide bonds. The third kappa shape index (κ3) is 2.39. The summed E-state index contributed by atoms with van der Waals surface area (Å²) in [4.78, 5) is 2.06. The summed E-state index contributed by atoms with van der Waals surface area (Å²) in [5.74, 6) is 0. The van der Waals surface area contributed by atoms with Gasteiger partial charge in [-0.3, -0.25) is 0 Å². The molecule has 1 aliphatic rings. The van der Waals surface area contributed by atoms with E-state index in [1.807, 2.05) is 14.1 Å². The van der Waals surface area contributed by atoms with Crippen molar-refractivity contribution >= 4 is 0 Å². The molecule has 0 aromatic heterocycles. The third-order valence-corrected chi connectivity index (χ3v) is 1.79. The second kappa shape index (κ2) is 3.58. The third-order valence-electron chi connectivity index (χ3n) is 1.79. The minimum absolute atomic E-state index is 0.969. The summed E-state index contributed by atoms with van der Waals surface area (Å²) in [6.45, 7) is 6.06. The first-order chi connectivity index (χ1) is 5.20. The van der Waals surface area contributed by atoms with Gasteiger partial charge in [0, 0.05) is 26.8 Å². The number of rotatable bonds is 1. The van der Waals surface area contributed by atoms with Gasteiger partial charge in [0.15, 0.2) is 0 Å². The van der Waals surface area contributed by atoms with Crippen molar-refractivity contribution in [2.45, 2.75) is 6.42 Å². The Kier molecular flexibility index (Phi) is 2.71. The van der Waals surface area contributed by atoms with E-state index >= 15 is 0 Å². The lowest BCUT2D eigenvalue weighted by Crippen LogP contribution is -2.26. The van der Waals surface area contributed by atoms with Crippen LogP contribution in [0, 0.1) is 0 Å². The van der Waals surface area contributed by atoms with Crippen LogP contribution in [-0.2, 0) is 0 Å². The quantitative estimate of drug-likeness (QED) is 0.602. The van der Waals surface area contributed by atoms with E-state index in [4.69, 9.17) is 0 Å². The zero-order valence-corrected chi connectivity index (χ0v) is 7.35. The van der Waals surface area contributed by atoms with E-state index in [0.29, 0.717) is 0 Å². The Morgan fingerprint density at radius 1 is 1.55 bits per heavy atom. The van der Waals surface area contributed by atoms with Crippen LogP contribution in [0.25, 0.3) is 0 Å². The van der Waals surface area contributed by atoms with Crippen LogP contribution in [0.2, 0.25) is 0 Å². The van der Waals surface area contributed by atoms with Gasteiger partial charge in [-0.05, 0) is 24.1 Å². The van der Waals surface area contributed by atoms with Gasteiger partial charge in [0.05, 0.1) is 0 Å². The van der Waals surface area contributed by atoms with Gasteiger partial charge in [0.2, 0.25) is 0 Å². The molecule has 1 rings (SSSR count). The van der Waals surface area contributed by atoms with Gasteiger partial charge in [-0.25, -0.2) is 0 Å². The van der Waals surface area contributed by atoms with Crippen molar-refractivity contribution in [3.63, 3.8) is 0 Å². The SMILES string of the molecule is C=C1CCNC/C1=C/N(C)C. The number of hydrogen-bond acceptors (Lipinski definition) is 2. The average Bonchev–Trinajstić information content (AvgIpc) is 1.93. The zero-order chi connectivity index (χ0) is 8.27. The molecule has 1 aliphatic heterocycles. The predicted molar refractivity (Wildman–Crippen MR) is 48.4 cm³/mol. The highest BCUT2D eigenvalue weighted by molar-refractivity contribution is 5.31. The Morgan fingerprint density at radius 2 is 2.27 bits per heavy atom. The lowest BCUT2D eigenvalue weighted by molar-refractivity contribution is 0.549. The smallest absolute Gasteiger partial charge is 0.0222 e. The first-order valence-corrected chi connectivity index (χ1v) is 3.96. The lowest BCUT2D eigenvalue weighted by Gasteiger charge is -2.20. The fraction of sp³-hybridized carbons (Fsp3) is 0.556. The van der Waals surface area contributed by atoms with E-state index in [2.05, 4.69) is 23.0 Å². The highest BCUT2D eigenvalue weighted by atomic mass is 15.0. The zero-order valence-electron chi connectivity index (χ0n) is 7.35. The number of hydrogen-bond donors (Lipinski definition) is 1. The molecule has 1 fully saturated rings. The van der Waals surface area contributed by atoms with Crippen LogP contribution in [0.4, 0.5) is 0 Å². The van der Waals surface area contributed by atoms with Crippen molar-refractivity contribution in [3.05, 3.63) is 23.9 Å². The molecule has 2 heteroatoms.